The zero-order chi connectivity index (χ0) is 20.1. The van der Waals surface area contributed by atoms with Crippen molar-refractivity contribution in [1.82, 2.24) is 20.2 Å². The summed E-state index contributed by atoms with van der Waals surface area (Å²) in [6.07, 6.45) is 6.85. The molecule has 29 heavy (non-hydrogen) atoms. The van der Waals surface area contributed by atoms with Crippen LogP contribution in [0.15, 0.2) is 30.7 Å². The molecule has 8 heteroatoms. The van der Waals surface area contributed by atoms with E-state index in [2.05, 4.69) is 55.2 Å². The highest BCUT2D eigenvalue weighted by Crippen LogP contribution is 2.25. The quantitative estimate of drug-likeness (QED) is 0.825. The predicted octanol–water partition coefficient (Wildman–Crippen LogP) is 2.60. The van der Waals surface area contributed by atoms with Crippen LogP contribution in [0.4, 0.5) is 17.5 Å². The number of rotatable bonds is 5. The molecule has 4 heterocycles. The van der Waals surface area contributed by atoms with Crippen LogP contribution in [0, 0.1) is 5.92 Å². The maximum absolute atomic E-state index is 6.01. The van der Waals surface area contributed by atoms with Crippen LogP contribution in [-0.2, 0) is 4.74 Å². The summed E-state index contributed by atoms with van der Waals surface area (Å²) in [5.41, 5.74) is 0. The lowest BCUT2D eigenvalue weighted by Crippen LogP contribution is -2.43. The van der Waals surface area contributed by atoms with Crippen molar-refractivity contribution in [1.29, 1.82) is 0 Å². The van der Waals surface area contributed by atoms with Crippen LogP contribution in [0.25, 0.3) is 0 Å². The molecule has 0 bridgehead atoms. The van der Waals surface area contributed by atoms with Gasteiger partial charge in [-0.2, -0.15) is 5.10 Å². The molecule has 2 aromatic heterocycles. The molecule has 156 valence electrons. The van der Waals surface area contributed by atoms with Gasteiger partial charge in [-0.05, 0) is 37.3 Å². The van der Waals surface area contributed by atoms with Gasteiger partial charge in [0.15, 0.2) is 5.82 Å². The Hall–Kier alpha value is -2.48. The third-order valence-corrected chi connectivity index (χ3v) is 5.71. The fourth-order valence-corrected chi connectivity index (χ4v) is 4.24. The Morgan fingerprint density at radius 1 is 1.07 bits per heavy atom. The average molecular weight is 398 g/mol. The smallest absolute Gasteiger partial charge is 0.151 e. The summed E-state index contributed by atoms with van der Waals surface area (Å²) >= 11 is 0. The second kappa shape index (κ2) is 9.35. The van der Waals surface area contributed by atoms with Gasteiger partial charge in [0.1, 0.15) is 18.0 Å². The molecule has 1 N–H and O–H groups in total. The summed E-state index contributed by atoms with van der Waals surface area (Å²) in [7, 11) is 0. The lowest BCUT2D eigenvalue weighted by Gasteiger charge is -2.35. The lowest BCUT2D eigenvalue weighted by molar-refractivity contribution is -0.0203. The van der Waals surface area contributed by atoms with Gasteiger partial charge in [-0.15, -0.1) is 5.10 Å². The fourth-order valence-electron chi connectivity index (χ4n) is 4.24. The first kappa shape index (κ1) is 19.8. The third kappa shape index (κ3) is 4.93. The van der Waals surface area contributed by atoms with E-state index in [-0.39, 0.29) is 6.10 Å². The highest BCUT2D eigenvalue weighted by molar-refractivity contribution is 5.50. The molecule has 0 radical (unpaired) electrons. The number of ether oxygens (including phenoxy) is 1. The van der Waals surface area contributed by atoms with E-state index < -0.39 is 0 Å². The monoisotopic (exact) mass is 397 g/mol. The van der Waals surface area contributed by atoms with Crippen molar-refractivity contribution < 1.29 is 4.74 Å². The fraction of sp³-hybridized carbons (Fsp3) is 0.619. The van der Waals surface area contributed by atoms with Gasteiger partial charge in [-0.3, -0.25) is 0 Å². The van der Waals surface area contributed by atoms with Crippen molar-refractivity contribution in [2.24, 2.45) is 5.92 Å². The van der Waals surface area contributed by atoms with E-state index >= 15 is 0 Å². The summed E-state index contributed by atoms with van der Waals surface area (Å²) in [5.74, 6) is 3.27. The maximum atomic E-state index is 6.01. The van der Waals surface area contributed by atoms with Gasteiger partial charge >= 0.3 is 0 Å². The first-order valence-electron chi connectivity index (χ1n) is 10.7. The predicted molar refractivity (Wildman–Crippen MR) is 114 cm³/mol. The summed E-state index contributed by atoms with van der Waals surface area (Å²) in [6.45, 7) is 9.03. The summed E-state index contributed by atoms with van der Waals surface area (Å²) in [6, 6.07) is 6.33. The van der Waals surface area contributed by atoms with Crippen LogP contribution < -0.4 is 15.1 Å². The second-order valence-corrected chi connectivity index (χ2v) is 8.14. The number of nitrogens with one attached hydrogen (secondary N) is 1. The van der Waals surface area contributed by atoms with E-state index in [1.54, 1.807) is 12.5 Å². The van der Waals surface area contributed by atoms with E-state index in [1.165, 1.54) is 0 Å². The highest BCUT2D eigenvalue weighted by atomic mass is 16.5. The van der Waals surface area contributed by atoms with E-state index in [9.17, 15) is 0 Å². The van der Waals surface area contributed by atoms with Crippen molar-refractivity contribution in [3.63, 3.8) is 0 Å². The first-order chi connectivity index (χ1) is 14.2. The molecule has 0 aliphatic carbocycles. The Balaban J connectivity index is 1.42. The minimum Gasteiger partial charge on any atom is -0.376 e. The van der Waals surface area contributed by atoms with E-state index in [4.69, 9.17) is 4.74 Å². The van der Waals surface area contributed by atoms with Crippen molar-refractivity contribution >= 4 is 17.5 Å². The molecule has 2 aromatic rings. The highest BCUT2D eigenvalue weighted by Gasteiger charge is 2.29. The average Bonchev–Trinajstić information content (AvgIpc) is 3.01. The minimum absolute atomic E-state index is 0.223. The van der Waals surface area contributed by atoms with E-state index in [0.717, 1.165) is 69.5 Å². The third-order valence-electron chi connectivity index (χ3n) is 5.71. The van der Waals surface area contributed by atoms with Crippen LogP contribution in [0.5, 0.6) is 0 Å². The largest absolute Gasteiger partial charge is 0.376 e. The molecular weight excluding hydrogens is 366 g/mol. The van der Waals surface area contributed by atoms with Crippen molar-refractivity contribution in [3.8, 4) is 0 Å². The summed E-state index contributed by atoms with van der Waals surface area (Å²) < 4.78 is 6.01. The summed E-state index contributed by atoms with van der Waals surface area (Å²) in [5, 5.41) is 11.9. The van der Waals surface area contributed by atoms with Gasteiger partial charge in [0.25, 0.3) is 0 Å². The molecule has 2 saturated heterocycles. The summed E-state index contributed by atoms with van der Waals surface area (Å²) in [4.78, 5) is 13.6. The minimum atomic E-state index is 0.223. The van der Waals surface area contributed by atoms with Gasteiger partial charge in [-0.25, -0.2) is 9.97 Å². The number of aromatic nitrogens is 4. The van der Waals surface area contributed by atoms with Gasteiger partial charge in [0.05, 0.1) is 12.1 Å². The van der Waals surface area contributed by atoms with Gasteiger partial charge < -0.3 is 19.9 Å². The van der Waals surface area contributed by atoms with Crippen LogP contribution in [0.3, 0.4) is 0 Å². The van der Waals surface area contributed by atoms with Crippen molar-refractivity contribution in [2.45, 2.75) is 45.3 Å². The SMILES string of the molecule is CC(C)[C@H]1OCCC[C@H]1Nc1cc(N2CCCN(c3cccnn3)CC2)ncn1. The van der Waals surface area contributed by atoms with Gasteiger partial charge in [-0.1, -0.05) is 13.8 Å². The van der Waals surface area contributed by atoms with Crippen LogP contribution in [-0.4, -0.2) is 65.1 Å². The zero-order valence-corrected chi connectivity index (χ0v) is 17.4. The molecule has 0 spiro atoms. The molecule has 4 rings (SSSR count). The Bertz CT molecular complexity index is 773. The van der Waals surface area contributed by atoms with Crippen LogP contribution in [0.1, 0.15) is 33.1 Å². The number of anilines is 3. The van der Waals surface area contributed by atoms with Crippen molar-refractivity contribution in [2.75, 3.05) is 47.9 Å². The Morgan fingerprint density at radius 3 is 2.66 bits per heavy atom. The molecule has 8 nitrogen and oxygen atoms in total. The Labute approximate surface area is 172 Å². The van der Waals surface area contributed by atoms with Crippen LogP contribution >= 0.6 is 0 Å². The first-order valence-corrected chi connectivity index (χ1v) is 10.7. The zero-order valence-electron chi connectivity index (χ0n) is 17.4. The van der Waals surface area contributed by atoms with Crippen molar-refractivity contribution in [3.05, 3.63) is 30.7 Å². The molecule has 0 unspecified atom stereocenters. The number of hydrogen-bond donors (Lipinski definition) is 1. The Morgan fingerprint density at radius 2 is 1.90 bits per heavy atom. The van der Waals surface area contributed by atoms with Crippen LogP contribution in [0.2, 0.25) is 0 Å². The molecule has 2 aliphatic rings. The molecule has 2 atom stereocenters. The van der Waals surface area contributed by atoms with E-state index in [1.807, 2.05) is 12.1 Å². The van der Waals surface area contributed by atoms with E-state index in [0.29, 0.717) is 12.0 Å². The maximum Gasteiger partial charge on any atom is 0.151 e. The van der Waals surface area contributed by atoms with Gasteiger partial charge in [0.2, 0.25) is 0 Å². The molecule has 0 saturated carbocycles. The lowest BCUT2D eigenvalue weighted by atomic mass is 9.94. The molecule has 2 aliphatic heterocycles. The Kier molecular flexibility index (Phi) is 6.39. The molecule has 0 amide bonds. The topological polar surface area (TPSA) is 79.3 Å². The van der Waals surface area contributed by atoms with Gasteiger partial charge in [0, 0.05) is 45.0 Å². The number of hydrogen-bond acceptors (Lipinski definition) is 8. The molecule has 0 aromatic carbocycles. The molecule has 2 fully saturated rings. The standard InChI is InChI=1S/C21H31N7O/c1-16(2)21-17(6-4-13-29-21)25-18-14-20(23-15-22-18)28-10-5-9-27(11-12-28)19-7-3-8-24-26-19/h3,7-8,14-17,21H,4-6,9-13H2,1-2H3,(H,22,23,25)/t17-,21-/m1/s1. The molecular formula is C21H31N7O. The second-order valence-electron chi connectivity index (χ2n) is 8.14. The number of nitrogens with zero attached hydrogens (tertiary/aromatic N) is 6. The normalized spacial score (nSPS) is 23.1.